The van der Waals surface area contributed by atoms with Gasteiger partial charge in [0.05, 0.1) is 5.52 Å². The van der Waals surface area contributed by atoms with Crippen LogP contribution in [0.3, 0.4) is 0 Å². The Morgan fingerprint density at radius 3 is 2.45 bits per heavy atom. The summed E-state index contributed by atoms with van der Waals surface area (Å²) in [5.41, 5.74) is -0.429. The smallest absolute Gasteiger partial charge is 0.410 e. The number of aromatic nitrogens is 3. The van der Waals surface area contributed by atoms with E-state index in [0.29, 0.717) is 43.6 Å². The van der Waals surface area contributed by atoms with Crippen LogP contribution in [0.25, 0.3) is 11.2 Å². The first-order valence-electron chi connectivity index (χ1n) is 10.2. The first kappa shape index (κ1) is 21.1. The predicted octanol–water partition coefficient (Wildman–Crippen LogP) is 2.79. The summed E-state index contributed by atoms with van der Waals surface area (Å²) in [7, 11) is 0. The molecule has 158 valence electrons. The van der Waals surface area contributed by atoms with E-state index >= 15 is 0 Å². The summed E-state index contributed by atoms with van der Waals surface area (Å²) < 4.78 is 8.49. The van der Waals surface area contributed by atoms with E-state index in [0.717, 1.165) is 0 Å². The second-order valence-electron chi connectivity index (χ2n) is 9.03. The van der Waals surface area contributed by atoms with Crippen LogP contribution in [0.4, 0.5) is 4.79 Å². The molecule has 0 saturated carbocycles. The number of hydrogen-bond donors (Lipinski definition) is 0. The van der Waals surface area contributed by atoms with Gasteiger partial charge in [-0.25, -0.2) is 9.78 Å². The van der Waals surface area contributed by atoms with Crippen LogP contribution < -0.4 is 11.1 Å². The van der Waals surface area contributed by atoms with E-state index < -0.39 is 16.7 Å². The molecule has 1 amide bonds. The molecular formula is C21H30N4O4. The summed E-state index contributed by atoms with van der Waals surface area (Å²) in [6.45, 7) is 10.9. The van der Waals surface area contributed by atoms with Crippen molar-refractivity contribution in [1.29, 1.82) is 0 Å². The highest BCUT2D eigenvalue weighted by atomic mass is 16.6. The Bertz CT molecular complexity index is 1010. The molecule has 1 aliphatic rings. The van der Waals surface area contributed by atoms with Crippen LogP contribution in [0, 0.1) is 5.92 Å². The van der Waals surface area contributed by atoms with Crippen LogP contribution >= 0.6 is 0 Å². The number of ether oxygens (including phenoxy) is 1. The number of nitrogens with zero attached hydrogens (tertiary/aromatic N) is 4. The summed E-state index contributed by atoms with van der Waals surface area (Å²) in [4.78, 5) is 44.2. The zero-order valence-electron chi connectivity index (χ0n) is 17.8. The van der Waals surface area contributed by atoms with Gasteiger partial charge in [-0.15, -0.1) is 0 Å². The average molecular weight is 402 g/mol. The molecule has 0 bridgehead atoms. The maximum atomic E-state index is 13.0. The molecule has 8 heteroatoms. The molecule has 0 radical (unpaired) electrons. The Hall–Kier alpha value is -2.64. The Labute approximate surface area is 170 Å². The first-order valence-corrected chi connectivity index (χ1v) is 10.2. The topological polar surface area (TPSA) is 86.4 Å². The Kier molecular flexibility index (Phi) is 5.82. The number of likely N-dealkylation sites (tertiary alicyclic amines) is 1. The molecule has 1 fully saturated rings. The lowest BCUT2D eigenvalue weighted by atomic mass is 10.0. The zero-order chi connectivity index (χ0) is 21.3. The number of hydrogen-bond acceptors (Lipinski definition) is 5. The third kappa shape index (κ3) is 4.52. The van der Waals surface area contributed by atoms with Gasteiger partial charge in [-0.1, -0.05) is 13.8 Å². The highest BCUT2D eigenvalue weighted by Crippen LogP contribution is 2.25. The summed E-state index contributed by atoms with van der Waals surface area (Å²) in [6, 6.07) is 3.43. The molecule has 0 unspecified atom stereocenters. The maximum absolute atomic E-state index is 13.0. The summed E-state index contributed by atoms with van der Waals surface area (Å²) in [5.74, 6) is 0.225. The van der Waals surface area contributed by atoms with Gasteiger partial charge in [0.2, 0.25) is 0 Å². The zero-order valence-corrected chi connectivity index (χ0v) is 17.8. The second kappa shape index (κ2) is 8.00. The van der Waals surface area contributed by atoms with E-state index in [1.165, 1.54) is 9.13 Å². The van der Waals surface area contributed by atoms with E-state index in [4.69, 9.17) is 4.74 Å². The van der Waals surface area contributed by atoms with Gasteiger partial charge in [0.1, 0.15) is 5.60 Å². The Morgan fingerprint density at radius 2 is 1.86 bits per heavy atom. The van der Waals surface area contributed by atoms with Gasteiger partial charge in [0.25, 0.3) is 0 Å². The summed E-state index contributed by atoms with van der Waals surface area (Å²) >= 11 is 0. The van der Waals surface area contributed by atoms with Crippen LogP contribution in [-0.2, 0) is 11.3 Å². The maximum Gasteiger partial charge on any atom is 0.410 e. The lowest BCUT2D eigenvalue weighted by Crippen LogP contribution is -2.47. The van der Waals surface area contributed by atoms with Gasteiger partial charge in [0, 0.05) is 31.9 Å². The third-order valence-electron chi connectivity index (χ3n) is 4.96. The van der Waals surface area contributed by atoms with Gasteiger partial charge in [-0.05, 0) is 51.7 Å². The minimum absolute atomic E-state index is 0.181. The van der Waals surface area contributed by atoms with E-state index in [2.05, 4.69) is 4.98 Å². The normalized spacial score (nSPS) is 15.9. The predicted molar refractivity (Wildman–Crippen MR) is 111 cm³/mol. The molecule has 0 N–H and O–H groups in total. The van der Waals surface area contributed by atoms with E-state index in [1.54, 1.807) is 17.2 Å². The van der Waals surface area contributed by atoms with Crippen LogP contribution in [-0.4, -0.2) is 43.8 Å². The lowest BCUT2D eigenvalue weighted by molar-refractivity contribution is 0.0188. The van der Waals surface area contributed by atoms with Gasteiger partial charge < -0.3 is 14.2 Å². The van der Waals surface area contributed by atoms with Gasteiger partial charge in [-0.3, -0.25) is 14.2 Å². The van der Waals surface area contributed by atoms with Gasteiger partial charge in [0.15, 0.2) is 5.65 Å². The highest BCUT2D eigenvalue weighted by Gasteiger charge is 2.29. The fourth-order valence-corrected chi connectivity index (χ4v) is 3.73. The SMILES string of the molecule is CC(C)Cn1c(=O)c(=O)n(C2CCN(C(=O)OC(C)(C)C)CC2)c2ncccc21. The molecular weight excluding hydrogens is 372 g/mol. The second-order valence-corrected chi connectivity index (χ2v) is 9.03. The van der Waals surface area contributed by atoms with Crippen LogP contribution in [0.15, 0.2) is 27.9 Å². The van der Waals surface area contributed by atoms with Gasteiger partial charge >= 0.3 is 17.2 Å². The van der Waals surface area contributed by atoms with Gasteiger partial charge in [-0.2, -0.15) is 0 Å². The van der Waals surface area contributed by atoms with Crippen molar-refractivity contribution in [2.24, 2.45) is 5.92 Å². The fourth-order valence-electron chi connectivity index (χ4n) is 3.73. The summed E-state index contributed by atoms with van der Waals surface area (Å²) in [5, 5.41) is 0. The molecule has 1 aliphatic heterocycles. The molecule has 0 spiro atoms. The van der Waals surface area contributed by atoms with Crippen molar-refractivity contribution >= 4 is 17.3 Å². The quantitative estimate of drug-likeness (QED) is 0.737. The molecule has 2 aromatic heterocycles. The van der Waals surface area contributed by atoms with Crippen LogP contribution in [0.5, 0.6) is 0 Å². The third-order valence-corrected chi connectivity index (χ3v) is 4.96. The van der Waals surface area contributed by atoms with Crippen molar-refractivity contribution in [3.8, 4) is 0 Å². The van der Waals surface area contributed by atoms with E-state index in [1.807, 2.05) is 40.7 Å². The molecule has 3 rings (SSSR count). The number of fused-ring (bicyclic) bond motifs is 1. The number of carbonyl (C=O) groups excluding carboxylic acids is 1. The molecule has 0 aromatic carbocycles. The molecule has 1 saturated heterocycles. The largest absolute Gasteiger partial charge is 0.444 e. The summed E-state index contributed by atoms with van der Waals surface area (Å²) in [6.07, 6.45) is 2.42. The molecule has 2 aromatic rings. The minimum atomic E-state index is -0.550. The van der Waals surface area contributed by atoms with Crippen molar-refractivity contribution < 1.29 is 9.53 Å². The Balaban J connectivity index is 1.92. The number of pyridine rings is 1. The first-order chi connectivity index (χ1) is 13.6. The van der Waals surface area contributed by atoms with E-state index in [-0.39, 0.29) is 18.1 Å². The number of amides is 1. The van der Waals surface area contributed by atoms with Crippen molar-refractivity contribution in [3.05, 3.63) is 39.0 Å². The molecule has 3 heterocycles. The minimum Gasteiger partial charge on any atom is -0.444 e. The van der Waals surface area contributed by atoms with Crippen molar-refractivity contribution in [2.75, 3.05) is 13.1 Å². The highest BCUT2D eigenvalue weighted by molar-refractivity contribution is 5.71. The van der Waals surface area contributed by atoms with Crippen LogP contribution in [0.2, 0.25) is 0 Å². The number of carbonyl (C=O) groups is 1. The lowest BCUT2D eigenvalue weighted by Gasteiger charge is -2.34. The molecule has 8 nitrogen and oxygen atoms in total. The van der Waals surface area contributed by atoms with E-state index in [9.17, 15) is 14.4 Å². The number of rotatable bonds is 3. The van der Waals surface area contributed by atoms with Crippen molar-refractivity contribution in [2.45, 2.75) is 65.6 Å². The fraction of sp³-hybridized carbons (Fsp3) is 0.619. The average Bonchev–Trinajstić information content (AvgIpc) is 2.64. The number of piperidine rings is 1. The Morgan fingerprint density at radius 1 is 1.21 bits per heavy atom. The standard InChI is InChI=1S/C21H30N4O4/c1-14(2)13-24-16-7-6-10-22-17(16)25(19(27)18(24)26)15-8-11-23(12-9-15)20(28)29-21(3,4)5/h6-7,10,14-15H,8-9,11-13H2,1-5H3. The molecule has 29 heavy (non-hydrogen) atoms. The monoisotopic (exact) mass is 402 g/mol. The molecule has 0 aliphatic carbocycles. The van der Waals surface area contributed by atoms with Crippen LogP contribution in [0.1, 0.15) is 53.5 Å². The molecule has 0 atom stereocenters. The van der Waals surface area contributed by atoms with Crippen molar-refractivity contribution in [3.63, 3.8) is 0 Å². The van der Waals surface area contributed by atoms with Crippen molar-refractivity contribution in [1.82, 2.24) is 19.0 Å².